The first-order chi connectivity index (χ1) is 11.3. The summed E-state index contributed by atoms with van der Waals surface area (Å²) >= 11 is 0. The zero-order valence-electron chi connectivity index (χ0n) is 15.1. The van der Waals surface area contributed by atoms with Crippen molar-refractivity contribution in [2.75, 3.05) is 13.2 Å². The summed E-state index contributed by atoms with van der Waals surface area (Å²) in [6.07, 6.45) is 6.92. The van der Waals surface area contributed by atoms with E-state index in [4.69, 9.17) is 4.74 Å². The monoisotopic (exact) mass is 338 g/mol. The third-order valence-corrected chi connectivity index (χ3v) is 4.90. The Kier molecular flexibility index (Phi) is 6.24. The fourth-order valence-corrected chi connectivity index (χ4v) is 3.21. The Morgan fingerprint density at radius 1 is 1.04 bits per heavy atom. The molecule has 0 aromatic rings. The van der Waals surface area contributed by atoms with Crippen molar-refractivity contribution < 1.29 is 19.1 Å². The molecule has 6 heteroatoms. The number of urea groups is 1. The van der Waals surface area contributed by atoms with Crippen LogP contribution in [-0.4, -0.2) is 47.9 Å². The first-order valence-electron chi connectivity index (χ1n) is 9.06. The number of ether oxygens (including phenoxy) is 1. The van der Waals surface area contributed by atoms with Gasteiger partial charge in [0.15, 0.2) is 12.4 Å². The van der Waals surface area contributed by atoms with Crippen LogP contribution in [0.5, 0.6) is 0 Å². The molecule has 1 N–H and O–H groups in total. The van der Waals surface area contributed by atoms with Gasteiger partial charge in [0, 0.05) is 18.0 Å². The summed E-state index contributed by atoms with van der Waals surface area (Å²) in [6, 6.07) is -0.532. The molecule has 24 heavy (non-hydrogen) atoms. The van der Waals surface area contributed by atoms with Crippen molar-refractivity contribution in [2.24, 2.45) is 5.41 Å². The van der Waals surface area contributed by atoms with E-state index >= 15 is 0 Å². The molecule has 0 radical (unpaired) electrons. The quantitative estimate of drug-likeness (QED) is 0.800. The highest BCUT2D eigenvalue weighted by Gasteiger charge is 2.36. The van der Waals surface area contributed by atoms with Crippen LogP contribution in [0.4, 0.5) is 4.79 Å². The summed E-state index contributed by atoms with van der Waals surface area (Å²) < 4.78 is 5.17. The maximum Gasteiger partial charge on any atom is 0.329 e. The molecule has 6 nitrogen and oxygen atoms in total. The minimum atomic E-state index is -0.568. The summed E-state index contributed by atoms with van der Waals surface area (Å²) in [5.41, 5.74) is -0.534. The lowest BCUT2D eigenvalue weighted by molar-refractivity contribution is -0.153. The van der Waals surface area contributed by atoms with Crippen LogP contribution in [-0.2, 0) is 14.3 Å². The van der Waals surface area contributed by atoms with Crippen molar-refractivity contribution in [1.82, 2.24) is 10.2 Å². The average Bonchev–Trinajstić information content (AvgIpc) is 3.02. The normalized spacial score (nSPS) is 22.3. The van der Waals surface area contributed by atoms with Crippen LogP contribution in [0.3, 0.4) is 0 Å². The molecule has 1 aliphatic heterocycles. The van der Waals surface area contributed by atoms with E-state index in [2.05, 4.69) is 5.32 Å². The standard InChI is InChI=1S/C18H30N2O4/c1-18(2,3)15(21)12-24-16(22)14-10-7-11-20(14)17(23)19-13-8-5-4-6-9-13/h13-14H,4-12H2,1-3H3,(H,19,23)/t14-/m0/s1. The zero-order chi connectivity index (χ0) is 17.7. The molecule has 1 atom stereocenters. The summed E-state index contributed by atoms with van der Waals surface area (Å²) in [5, 5.41) is 3.05. The van der Waals surface area contributed by atoms with E-state index in [1.54, 1.807) is 25.7 Å². The number of esters is 1. The van der Waals surface area contributed by atoms with Crippen LogP contribution in [0.1, 0.15) is 65.7 Å². The molecule has 0 aromatic carbocycles. The van der Waals surface area contributed by atoms with Crippen molar-refractivity contribution in [3.05, 3.63) is 0 Å². The fourth-order valence-electron chi connectivity index (χ4n) is 3.21. The highest BCUT2D eigenvalue weighted by Crippen LogP contribution is 2.22. The Hall–Kier alpha value is -1.59. The zero-order valence-corrected chi connectivity index (χ0v) is 15.1. The number of Topliss-reactive ketones (excluding diaryl/α,β-unsaturated/α-hetero) is 1. The minimum Gasteiger partial charge on any atom is -0.456 e. The van der Waals surface area contributed by atoms with Gasteiger partial charge >= 0.3 is 12.0 Å². The van der Waals surface area contributed by atoms with Crippen LogP contribution in [0.2, 0.25) is 0 Å². The summed E-state index contributed by atoms with van der Waals surface area (Å²) in [4.78, 5) is 38.2. The predicted molar refractivity (Wildman–Crippen MR) is 90.6 cm³/mol. The molecule has 0 unspecified atom stereocenters. The minimum absolute atomic E-state index is 0.118. The molecule has 0 bridgehead atoms. The van der Waals surface area contributed by atoms with Gasteiger partial charge in [-0.3, -0.25) is 4.79 Å². The van der Waals surface area contributed by atoms with E-state index in [0.29, 0.717) is 13.0 Å². The Morgan fingerprint density at radius 3 is 2.33 bits per heavy atom. The van der Waals surface area contributed by atoms with Crippen LogP contribution in [0.25, 0.3) is 0 Å². The first kappa shape index (κ1) is 18.7. The lowest BCUT2D eigenvalue weighted by atomic mass is 9.91. The van der Waals surface area contributed by atoms with Gasteiger partial charge in [-0.15, -0.1) is 0 Å². The smallest absolute Gasteiger partial charge is 0.329 e. The van der Waals surface area contributed by atoms with E-state index in [1.165, 1.54) is 6.42 Å². The molecule has 1 heterocycles. The van der Waals surface area contributed by atoms with E-state index in [-0.39, 0.29) is 24.5 Å². The molecule has 1 aliphatic carbocycles. The van der Waals surface area contributed by atoms with Gasteiger partial charge in [0.05, 0.1) is 0 Å². The second-order valence-electron chi connectivity index (χ2n) is 7.92. The molecule has 2 fully saturated rings. The molecule has 2 amide bonds. The number of amides is 2. The van der Waals surface area contributed by atoms with Crippen LogP contribution >= 0.6 is 0 Å². The number of hydrogen-bond donors (Lipinski definition) is 1. The summed E-state index contributed by atoms with van der Waals surface area (Å²) in [7, 11) is 0. The van der Waals surface area contributed by atoms with E-state index in [0.717, 1.165) is 32.1 Å². The van der Waals surface area contributed by atoms with E-state index < -0.39 is 17.4 Å². The number of nitrogens with zero attached hydrogens (tertiary/aromatic N) is 1. The molecule has 0 spiro atoms. The molecular formula is C18H30N2O4. The van der Waals surface area contributed by atoms with Crippen molar-refractivity contribution in [3.8, 4) is 0 Å². The molecule has 2 rings (SSSR count). The average molecular weight is 338 g/mol. The Balaban J connectivity index is 1.85. The lowest BCUT2D eigenvalue weighted by Crippen LogP contribution is -2.50. The number of likely N-dealkylation sites (tertiary alicyclic amines) is 1. The number of nitrogens with one attached hydrogen (secondary N) is 1. The topological polar surface area (TPSA) is 75.7 Å². The first-order valence-corrected chi connectivity index (χ1v) is 9.06. The second kappa shape index (κ2) is 7.99. The predicted octanol–water partition coefficient (Wildman–Crippen LogP) is 2.65. The molecule has 1 saturated heterocycles. The number of hydrogen-bond acceptors (Lipinski definition) is 4. The summed E-state index contributed by atoms with van der Waals surface area (Å²) in [5.74, 6) is -0.587. The van der Waals surface area contributed by atoms with Gasteiger partial charge in [-0.25, -0.2) is 9.59 Å². The van der Waals surface area contributed by atoms with Gasteiger partial charge in [0.1, 0.15) is 6.04 Å². The largest absolute Gasteiger partial charge is 0.456 e. The van der Waals surface area contributed by atoms with Gasteiger partial charge in [-0.05, 0) is 25.7 Å². The molecular weight excluding hydrogens is 308 g/mol. The van der Waals surface area contributed by atoms with Crippen LogP contribution < -0.4 is 5.32 Å². The third-order valence-electron chi connectivity index (χ3n) is 4.90. The number of rotatable bonds is 4. The summed E-state index contributed by atoms with van der Waals surface area (Å²) in [6.45, 7) is 5.72. The van der Waals surface area contributed by atoms with Gasteiger partial charge in [-0.1, -0.05) is 40.0 Å². The van der Waals surface area contributed by atoms with Gasteiger partial charge < -0.3 is 15.0 Å². The second-order valence-corrected chi connectivity index (χ2v) is 7.92. The van der Waals surface area contributed by atoms with E-state index in [1.807, 2.05) is 0 Å². The highest BCUT2D eigenvalue weighted by molar-refractivity contribution is 5.89. The Labute approximate surface area is 144 Å². The molecule has 136 valence electrons. The Morgan fingerprint density at radius 2 is 1.71 bits per heavy atom. The Bertz CT molecular complexity index is 478. The molecule has 2 aliphatic rings. The third kappa shape index (κ3) is 4.95. The highest BCUT2D eigenvalue weighted by atomic mass is 16.5. The molecule has 0 aromatic heterocycles. The van der Waals surface area contributed by atoms with Gasteiger partial charge in [0.25, 0.3) is 0 Å². The maximum atomic E-state index is 12.5. The van der Waals surface area contributed by atoms with Crippen molar-refractivity contribution in [1.29, 1.82) is 0 Å². The van der Waals surface area contributed by atoms with Crippen molar-refractivity contribution >= 4 is 17.8 Å². The lowest BCUT2D eigenvalue weighted by Gasteiger charge is -2.28. The SMILES string of the molecule is CC(C)(C)C(=O)COC(=O)[C@@H]1CCCN1C(=O)NC1CCCCC1. The van der Waals surface area contributed by atoms with E-state index in [9.17, 15) is 14.4 Å². The number of carbonyl (C=O) groups excluding carboxylic acids is 3. The number of carbonyl (C=O) groups is 3. The molecule has 1 saturated carbocycles. The van der Waals surface area contributed by atoms with Crippen LogP contribution in [0, 0.1) is 5.41 Å². The number of ketones is 1. The fraction of sp³-hybridized carbons (Fsp3) is 0.833. The maximum absolute atomic E-state index is 12.5. The van der Waals surface area contributed by atoms with Crippen molar-refractivity contribution in [3.63, 3.8) is 0 Å². The van der Waals surface area contributed by atoms with Crippen LogP contribution in [0.15, 0.2) is 0 Å². The van der Waals surface area contributed by atoms with Crippen molar-refractivity contribution in [2.45, 2.75) is 77.8 Å². The van der Waals surface area contributed by atoms with Gasteiger partial charge in [0.2, 0.25) is 0 Å². The van der Waals surface area contributed by atoms with Gasteiger partial charge in [-0.2, -0.15) is 0 Å².